The zero-order valence-corrected chi connectivity index (χ0v) is 11.1. The van der Waals surface area contributed by atoms with E-state index in [0.717, 1.165) is 11.7 Å². The highest BCUT2D eigenvalue weighted by Crippen LogP contribution is 2.24. The van der Waals surface area contributed by atoms with Gasteiger partial charge in [-0.25, -0.2) is 0 Å². The molecule has 0 aromatic heterocycles. The van der Waals surface area contributed by atoms with Crippen molar-refractivity contribution in [3.8, 4) is 0 Å². The maximum absolute atomic E-state index is 5.12. The van der Waals surface area contributed by atoms with Crippen LogP contribution in [0.15, 0.2) is 48.3 Å². The quantitative estimate of drug-likeness (QED) is 0.489. The summed E-state index contributed by atoms with van der Waals surface area (Å²) in [6, 6.07) is 0. The molecule has 0 spiro atoms. The highest BCUT2D eigenvalue weighted by Gasteiger charge is 2.09. The molecule has 0 aromatic rings. The lowest BCUT2D eigenvalue weighted by Gasteiger charge is -2.17. The molecule has 0 bridgehead atoms. The Morgan fingerprint density at radius 1 is 1.18 bits per heavy atom. The summed E-state index contributed by atoms with van der Waals surface area (Å²) in [5, 5.41) is 0. The van der Waals surface area contributed by atoms with Crippen molar-refractivity contribution in [3.63, 3.8) is 0 Å². The fourth-order valence-corrected chi connectivity index (χ4v) is 2.10. The summed E-state index contributed by atoms with van der Waals surface area (Å²) in [7, 11) is 1.66. The lowest BCUT2D eigenvalue weighted by Crippen LogP contribution is -2.02. The van der Waals surface area contributed by atoms with Gasteiger partial charge in [-0.05, 0) is 37.8 Å². The first-order valence-corrected chi connectivity index (χ1v) is 6.49. The second-order valence-corrected chi connectivity index (χ2v) is 4.65. The summed E-state index contributed by atoms with van der Waals surface area (Å²) in [4.78, 5) is 0. The maximum atomic E-state index is 5.12. The predicted octanol–water partition coefficient (Wildman–Crippen LogP) is 4.79. The summed E-state index contributed by atoms with van der Waals surface area (Å²) < 4.78 is 5.12. The van der Waals surface area contributed by atoms with Crippen molar-refractivity contribution in [2.75, 3.05) is 7.11 Å². The summed E-state index contributed by atoms with van der Waals surface area (Å²) in [5.41, 5.74) is 1.26. The van der Waals surface area contributed by atoms with Gasteiger partial charge in [0.25, 0.3) is 0 Å². The molecule has 0 radical (unpaired) electrons. The van der Waals surface area contributed by atoms with Crippen LogP contribution in [-0.2, 0) is 4.74 Å². The monoisotopic (exact) mass is 232 g/mol. The van der Waals surface area contributed by atoms with Crippen molar-refractivity contribution >= 4 is 0 Å². The summed E-state index contributed by atoms with van der Waals surface area (Å²) >= 11 is 0. The zero-order chi connectivity index (χ0) is 12.5. The minimum Gasteiger partial charge on any atom is -0.497 e. The fraction of sp³-hybridized carbons (Fsp3) is 0.500. The second kappa shape index (κ2) is 7.94. The van der Waals surface area contributed by atoms with Crippen LogP contribution in [0.3, 0.4) is 0 Å². The first kappa shape index (κ1) is 13.8. The molecule has 1 heteroatoms. The van der Waals surface area contributed by atoms with Crippen molar-refractivity contribution < 1.29 is 4.74 Å². The Balaban J connectivity index is 2.49. The van der Waals surface area contributed by atoms with Crippen LogP contribution in [0.2, 0.25) is 0 Å². The molecule has 0 N–H and O–H groups in total. The van der Waals surface area contributed by atoms with Gasteiger partial charge in [0.05, 0.1) is 7.11 Å². The molecular weight excluding hydrogens is 208 g/mol. The van der Waals surface area contributed by atoms with Crippen LogP contribution in [0, 0.1) is 5.92 Å². The van der Waals surface area contributed by atoms with Gasteiger partial charge in [-0.3, -0.25) is 0 Å². The highest BCUT2D eigenvalue weighted by atomic mass is 16.5. The van der Waals surface area contributed by atoms with E-state index >= 15 is 0 Å². The van der Waals surface area contributed by atoms with Gasteiger partial charge >= 0.3 is 0 Å². The van der Waals surface area contributed by atoms with E-state index in [0.29, 0.717) is 0 Å². The van der Waals surface area contributed by atoms with Gasteiger partial charge in [0, 0.05) is 0 Å². The molecule has 1 nitrogen and oxygen atoms in total. The average Bonchev–Trinajstić information content (AvgIpc) is 2.39. The van der Waals surface area contributed by atoms with E-state index in [1.165, 1.54) is 37.7 Å². The third-order valence-corrected chi connectivity index (χ3v) is 3.23. The number of ether oxygens (including phenoxy) is 1. The molecule has 1 saturated carbocycles. The molecule has 1 fully saturated rings. The number of allylic oxidation sites excluding steroid dienone is 6. The first-order valence-electron chi connectivity index (χ1n) is 6.49. The first-order chi connectivity index (χ1) is 8.26. The largest absolute Gasteiger partial charge is 0.497 e. The van der Waals surface area contributed by atoms with Gasteiger partial charge in [0.15, 0.2) is 0 Å². The lowest BCUT2D eigenvalue weighted by atomic mass is 9.89. The Morgan fingerprint density at radius 3 is 2.47 bits per heavy atom. The standard InChI is InChI=1S/C16H24O/c1-4-16(17-3)13-11-14(2)10-12-15-8-6-5-7-9-15/h4,10-13,15H,1,5-9H2,2-3H3/b12-10-,14-11+,16-13+. The van der Waals surface area contributed by atoms with E-state index in [9.17, 15) is 0 Å². The highest BCUT2D eigenvalue weighted by molar-refractivity contribution is 5.25. The van der Waals surface area contributed by atoms with E-state index in [1.807, 2.05) is 6.08 Å². The minimum atomic E-state index is 0.789. The Morgan fingerprint density at radius 2 is 1.88 bits per heavy atom. The topological polar surface area (TPSA) is 9.23 Å². The molecular formula is C16H24O. The minimum absolute atomic E-state index is 0.789. The molecule has 0 aliphatic heterocycles. The molecule has 0 saturated heterocycles. The molecule has 0 aromatic carbocycles. The maximum Gasteiger partial charge on any atom is 0.118 e. The molecule has 0 amide bonds. The summed E-state index contributed by atoms with van der Waals surface area (Å²) in [5.74, 6) is 1.59. The van der Waals surface area contributed by atoms with Crippen LogP contribution in [0.1, 0.15) is 39.0 Å². The molecule has 17 heavy (non-hydrogen) atoms. The van der Waals surface area contributed by atoms with Gasteiger partial charge in [-0.15, -0.1) is 0 Å². The van der Waals surface area contributed by atoms with Crippen molar-refractivity contribution in [1.29, 1.82) is 0 Å². The summed E-state index contributed by atoms with van der Waals surface area (Å²) in [6.45, 7) is 5.81. The van der Waals surface area contributed by atoms with Crippen LogP contribution < -0.4 is 0 Å². The van der Waals surface area contributed by atoms with Gasteiger partial charge in [0.2, 0.25) is 0 Å². The third kappa shape index (κ3) is 5.58. The van der Waals surface area contributed by atoms with Gasteiger partial charge in [-0.1, -0.05) is 49.6 Å². The SMILES string of the molecule is C=C\C(=C/C=C(C)/C=C\C1CCCCC1)OC. The normalized spacial score (nSPS) is 19.6. The van der Waals surface area contributed by atoms with Crippen LogP contribution in [0.25, 0.3) is 0 Å². The zero-order valence-electron chi connectivity index (χ0n) is 11.1. The average molecular weight is 232 g/mol. The Hall–Kier alpha value is -1.24. The Labute approximate surface area is 106 Å². The molecule has 94 valence electrons. The molecule has 0 atom stereocenters. The van der Waals surface area contributed by atoms with Crippen molar-refractivity contribution in [1.82, 2.24) is 0 Å². The molecule has 1 aliphatic rings. The van der Waals surface area contributed by atoms with Gasteiger partial charge in [0.1, 0.15) is 5.76 Å². The van der Waals surface area contributed by atoms with Crippen LogP contribution in [-0.4, -0.2) is 7.11 Å². The van der Waals surface area contributed by atoms with E-state index < -0.39 is 0 Å². The molecule has 1 aliphatic carbocycles. The van der Waals surface area contributed by atoms with E-state index in [2.05, 4.69) is 31.7 Å². The Kier molecular flexibility index (Phi) is 6.46. The third-order valence-electron chi connectivity index (χ3n) is 3.23. The molecule has 0 unspecified atom stereocenters. The van der Waals surface area contributed by atoms with E-state index in [-0.39, 0.29) is 0 Å². The second-order valence-electron chi connectivity index (χ2n) is 4.65. The smallest absolute Gasteiger partial charge is 0.118 e. The number of methoxy groups -OCH3 is 1. The van der Waals surface area contributed by atoms with E-state index in [1.54, 1.807) is 13.2 Å². The number of rotatable bonds is 5. The van der Waals surface area contributed by atoms with Crippen molar-refractivity contribution in [2.45, 2.75) is 39.0 Å². The number of hydrogen-bond donors (Lipinski definition) is 0. The van der Waals surface area contributed by atoms with Crippen LogP contribution in [0.5, 0.6) is 0 Å². The van der Waals surface area contributed by atoms with Crippen molar-refractivity contribution in [2.24, 2.45) is 5.92 Å². The predicted molar refractivity (Wildman–Crippen MR) is 74.8 cm³/mol. The van der Waals surface area contributed by atoms with Crippen LogP contribution >= 0.6 is 0 Å². The lowest BCUT2D eigenvalue weighted by molar-refractivity contribution is 0.307. The van der Waals surface area contributed by atoms with Crippen LogP contribution in [0.4, 0.5) is 0 Å². The summed E-state index contributed by atoms with van der Waals surface area (Å²) in [6.07, 6.45) is 17.2. The van der Waals surface area contributed by atoms with Gasteiger partial charge in [-0.2, -0.15) is 0 Å². The van der Waals surface area contributed by atoms with Crippen molar-refractivity contribution in [3.05, 3.63) is 48.3 Å². The number of hydrogen-bond acceptors (Lipinski definition) is 1. The Bertz CT molecular complexity index is 314. The molecule has 1 rings (SSSR count). The van der Waals surface area contributed by atoms with Gasteiger partial charge < -0.3 is 4.74 Å². The molecule has 0 heterocycles. The fourth-order valence-electron chi connectivity index (χ4n) is 2.10. The van der Waals surface area contributed by atoms with E-state index in [4.69, 9.17) is 4.74 Å².